The Morgan fingerprint density at radius 1 is 1.08 bits per heavy atom. The molecule has 0 spiro atoms. The van der Waals surface area contributed by atoms with Crippen molar-refractivity contribution in [2.75, 3.05) is 13.1 Å². The number of nitrogens with zero attached hydrogens (tertiary/aromatic N) is 2. The largest absolute Gasteiger partial charge is 0.462 e. The van der Waals surface area contributed by atoms with Gasteiger partial charge in [0.05, 0.1) is 12.0 Å². The number of aromatic nitrogens is 1. The second-order valence-corrected chi connectivity index (χ2v) is 7.39. The minimum absolute atomic E-state index is 0.817. The van der Waals surface area contributed by atoms with Crippen molar-refractivity contribution < 1.29 is 4.42 Å². The van der Waals surface area contributed by atoms with Gasteiger partial charge in [0.15, 0.2) is 10.8 Å². The molecule has 3 heterocycles. The van der Waals surface area contributed by atoms with E-state index >= 15 is 0 Å². The van der Waals surface area contributed by atoms with Crippen molar-refractivity contribution in [3.05, 3.63) is 65.4 Å². The molecular weight excluding hydrogens is 316 g/mol. The molecule has 24 heavy (non-hydrogen) atoms. The molecule has 0 amide bonds. The number of likely N-dealkylation sites (tertiary alicyclic amines) is 1. The summed E-state index contributed by atoms with van der Waals surface area (Å²) in [5.74, 6) is 1.69. The molecule has 1 fully saturated rings. The first-order valence-corrected chi connectivity index (χ1v) is 9.49. The van der Waals surface area contributed by atoms with Gasteiger partial charge in [0, 0.05) is 11.9 Å². The number of hydrogen-bond acceptors (Lipinski definition) is 4. The predicted molar refractivity (Wildman–Crippen MR) is 98.0 cm³/mol. The molecule has 124 valence electrons. The molecule has 0 saturated carbocycles. The minimum Gasteiger partial charge on any atom is -0.462 e. The van der Waals surface area contributed by atoms with Gasteiger partial charge in [-0.3, -0.25) is 4.90 Å². The summed E-state index contributed by atoms with van der Waals surface area (Å²) in [6.45, 7) is 3.30. The predicted octanol–water partition coefficient (Wildman–Crippen LogP) is 4.86. The number of hydrogen-bond donors (Lipinski definition) is 0. The Balaban J connectivity index is 1.29. The molecule has 4 heteroatoms. The lowest BCUT2D eigenvalue weighted by molar-refractivity contribution is 0.175. The summed E-state index contributed by atoms with van der Waals surface area (Å²) in [5.41, 5.74) is 2.63. The van der Waals surface area contributed by atoms with Crippen molar-refractivity contribution in [1.82, 2.24) is 9.88 Å². The maximum atomic E-state index is 5.43. The van der Waals surface area contributed by atoms with Crippen LogP contribution in [0.15, 0.2) is 58.5 Å². The smallest absolute Gasteiger partial charge is 0.162 e. The van der Waals surface area contributed by atoms with Gasteiger partial charge in [-0.15, -0.1) is 11.3 Å². The van der Waals surface area contributed by atoms with Crippen molar-refractivity contribution in [1.29, 1.82) is 0 Å². The molecule has 0 bridgehead atoms. The maximum Gasteiger partial charge on any atom is 0.162 e. The van der Waals surface area contributed by atoms with Gasteiger partial charge in [-0.1, -0.05) is 30.3 Å². The second kappa shape index (κ2) is 7.32. The average Bonchev–Trinajstić information content (AvgIpc) is 3.29. The summed E-state index contributed by atoms with van der Waals surface area (Å²) < 4.78 is 5.43. The van der Waals surface area contributed by atoms with Crippen LogP contribution in [0.2, 0.25) is 0 Å². The number of benzene rings is 1. The Hall–Kier alpha value is -1.91. The van der Waals surface area contributed by atoms with Crippen LogP contribution in [0.3, 0.4) is 0 Å². The molecule has 1 aliphatic heterocycles. The van der Waals surface area contributed by atoms with Gasteiger partial charge < -0.3 is 4.42 Å². The monoisotopic (exact) mass is 338 g/mol. The highest BCUT2D eigenvalue weighted by Crippen LogP contribution is 2.26. The van der Waals surface area contributed by atoms with Crippen molar-refractivity contribution in [3.8, 4) is 10.8 Å². The maximum absolute atomic E-state index is 5.43. The summed E-state index contributed by atoms with van der Waals surface area (Å²) in [5, 5.41) is 3.14. The Labute approximate surface area is 147 Å². The fraction of sp³-hybridized carbons (Fsp3) is 0.350. The van der Waals surface area contributed by atoms with Crippen molar-refractivity contribution in [3.63, 3.8) is 0 Å². The summed E-state index contributed by atoms with van der Waals surface area (Å²) >= 11 is 1.67. The molecule has 2 aromatic heterocycles. The van der Waals surface area contributed by atoms with E-state index in [-0.39, 0.29) is 0 Å². The highest BCUT2D eigenvalue weighted by molar-refractivity contribution is 7.13. The summed E-state index contributed by atoms with van der Waals surface area (Å²) in [6.07, 6.45) is 5.48. The first-order valence-electron chi connectivity index (χ1n) is 8.61. The molecule has 3 nitrogen and oxygen atoms in total. The normalized spacial score (nSPS) is 16.5. The number of rotatable bonds is 5. The molecule has 0 unspecified atom stereocenters. The van der Waals surface area contributed by atoms with Crippen molar-refractivity contribution in [2.45, 2.75) is 25.8 Å². The zero-order valence-electron chi connectivity index (χ0n) is 13.7. The number of thiazole rings is 1. The van der Waals surface area contributed by atoms with Gasteiger partial charge in [0.1, 0.15) is 0 Å². The van der Waals surface area contributed by atoms with E-state index in [1.165, 1.54) is 37.9 Å². The van der Waals surface area contributed by atoms with E-state index in [2.05, 4.69) is 40.6 Å². The van der Waals surface area contributed by atoms with Crippen molar-refractivity contribution in [2.24, 2.45) is 5.92 Å². The first kappa shape index (κ1) is 15.6. The fourth-order valence-electron chi connectivity index (χ4n) is 3.42. The third-order valence-corrected chi connectivity index (χ3v) is 5.65. The Kier molecular flexibility index (Phi) is 4.76. The van der Waals surface area contributed by atoms with Crippen LogP contribution in [0.4, 0.5) is 0 Å². The van der Waals surface area contributed by atoms with Crippen LogP contribution in [-0.4, -0.2) is 23.0 Å². The van der Waals surface area contributed by atoms with Gasteiger partial charge in [-0.05, 0) is 56.0 Å². The Morgan fingerprint density at radius 3 is 2.67 bits per heavy atom. The molecule has 1 aliphatic rings. The lowest BCUT2D eigenvalue weighted by Crippen LogP contribution is -2.33. The molecule has 1 aromatic carbocycles. The lowest BCUT2D eigenvalue weighted by atomic mass is 9.90. The molecule has 0 aliphatic carbocycles. The van der Waals surface area contributed by atoms with E-state index in [9.17, 15) is 0 Å². The lowest BCUT2D eigenvalue weighted by Gasteiger charge is -2.31. The molecule has 4 rings (SSSR count). The van der Waals surface area contributed by atoms with E-state index in [1.807, 2.05) is 12.1 Å². The van der Waals surface area contributed by atoms with E-state index in [0.717, 1.165) is 28.9 Å². The third-order valence-electron chi connectivity index (χ3n) is 4.74. The number of furan rings is 1. The summed E-state index contributed by atoms with van der Waals surface area (Å²) in [7, 11) is 0. The summed E-state index contributed by atoms with van der Waals surface area (Å²) in [4.78, 5) is 7.25. The zero-order valence-corrected chi connectivity index (χ0v) is 14.5. The van der Waals surface area contributed by atoms with Crippen LogP contribution in [0.5, 0.6) is 0 Å². The van der Waals surface area contributed by atoms with Gasteiger partial charge in [0.25, 0.3) is 0 Å². The van der Waals surface area contributed by atoms with Crippen LogP contribution in [0.1, 0.15) is 24.1 Å². The van der Waals surface area contributed by atoms with Gasteiger partial charge in [-0.25, -0.2) is 4.98 Å². The van der Waals surface area contributed by atoms with Gasteiger partial charge >= 0.3 is 0 Å². The first-order chi connectivity index (χ1) is 11.9. The second-order valence-electron chi connectivity index (χ2n) is 6.53. The van der Waals surface area contributed by atoms with Crippen molar-refractivity contribution >= 4 is 11.3 Å². The van der Waals surface area contributed by atoms with E-state index in [0.29, 0.717) is 0 Å². The summed E-state index contributed by atoms with van der Waals surface area (Å²) in [6, 6.07) is 14.8. The molecule has 0 radical (unpaired) electrons. The quantitative estimate of drug-likeness (QED) is 0.665. The molecule has 1 saturated heterocycles. The Bertz CT molecular complexity index is 743. The highest BCUT2D eigenvalue weighted by atomic mass is 32.1. The highest BCUT2D eigenvalue weighted by Gasteiger charge is 2.20. The van der Waals surface area contributed by atoms with Crippen LogP contribution in [0, 0.1) is 5.92 Å². The topological polar surface area (TPSA) is 29.3 Å². The van der Waals surface area contributed by atoms with Crippen LogP contribution < -0.4 is 0 Å². The molecule has 0 atom stereocenters. The minimum atomic E-state index is 0.817. The zero-order chi connectivity index (χ0) is 16.2. The number of piperidine rings is 1. The van der Waals surface area contributed by atoms with E-state index in [1.54, 1.807) is 17.6 Å². The van der Waals surface area contributed by atoms with E-state index in [4.69, 9.17) is 9.40 Å². The van der Waals surface area contributed by atoms with Gasteiger partial charge in [-0.2, -0.15) is 0 Å². The fourth-order valence-corrected chi connectivity index (χ4v) is 4.20. The van der Waals surface area contributed by atoms with Crippen LogP contribution in [0.25, 0.3) is 10.8 Å². The standard InChI is InChI=1S/C20H22N2OS/c1-2-5-16(6-3-1)13-17-8-10-22(11-9-17)14-18-15-24-20(21-18)19-7-4-12-23-19/h1-7,12,15,17H,8-11,13-14H2. The Morgan fingerprint density at radius 2 is 1.92 bits per heavy atom. The third kappa shape index (κ3) is 3.77. The average molecular weight is 338 g/mol. The molecular formula is C20H22N2OS. The van der Waals surface area contributed by atoms with E-state index < -0.39 is 0 Å². The van der Waals surface area contributed by atoms with Crippen LogP contribution >= 0.6 is 11.3 Å². The SMILES string of the molecule is c1ccc(CC2CCN(Cc3csc(-c4ccco4)n3)CC2)cc1. The van der Waals surface area contributed by atoms with Crippen LogP contribution in [-0.2, 0) is 13.0 Å². The van der Waals surface area contributed by atoms with Gasteiger partial charge in [0.2, 0.25) is 0 Å². The molecule has 3 aromatic rings. The molecule has 0 N–H and O–H groups in total.